The van der Waals surface area contributed by atoms with Crippen LogP contribution in [0.1, 0.15) is 55.8 Å². The minimum Gasteiger partial charge on any atom is -0.462 e. The molecule has 0 bridgehead atoms. The zero-order valence-electron chi connectivity index (χ0n) is 11.5. The van der Waals surface area contributed by atoms with Crippen molar-refractivity contribution < 1.29 is 9.53 Å². The van der Waals surface area contributed by atoms with Gasteiger partial charge in [-0.1, -0.05) is 50.6 Å². The molecule has 106 valence electrons. The quantitative estimate of drug-likeness (QED) is 0.436. The second-order valence-electron chi connectivity index (χ2n) is 4.64. The molecular formula is C15H22ClNO2. The molecule has 1 rings (SSSR count). The molecular weight excluding hydrogens is 262 g/mol. The molecule has 0 amide bonds. The SMILES string of the molecule is CCCCCCCCOC(=O)c1ccc(Cl)c(N)c1. The third-order valence-electron chi connectivity index (χ3n) is 2.96. The molecule has 0 aliphatic rings. The van der Waals surface area contributed by atoms with Crippen molar-refractivity contribution in [3.63, 3.8) is 0 Å². The normalized spacial score (nSPS) is 10.4. The Labute approximate surface area is 120 Å². The fourth-order valence-electron chi connectivity index (χ4n) is 1.80. The Kier molecular flexibility index (Phi) is 7.34. The minimum atomic E-state index is -0.336. The first-order chi connectivity index (χ1) is 9.15. The van der Waals surface area contributed by atoms with Crippen LogP contribution < -0.4 is 5.73 Å². The highest BCUT2D eigenvalue weighted by molar-refractivity contribution is 6.33. The van der Waals surface area contributed by atoms with Gasteiger partial charge in [0.2, 0.25) is 0 Å². The summed E-state index contributed by atoms with van der Waals surface area (Å²) in [5, 5.41) is 0.451. The fourth-order valence-corrected chi connectivity index (χ4v) is 1.92. The molecule has 0 saturated carbocycles. The van der Waals surface area contributed by atoms with Crippen molar-refractivity contribution in [1.82, 2.24) is 0 Å². The Hall–Kier alpha value is -1.22. The molecule has 3 nitrogen and oxygen atoms in total. The molecule has 0 saturated heterocycles. The standard InChI is InChI=1S/C15H22ClNO2/c1-2-3-4-5-6-7-10-19-15(18)12-8-9-13(16)14(17)11-12/h8-9,11H,2-7,10,17H2,1H3. The fraction of sp³-hybridized carbons (Fsp3) is 0.533. The Morgan fingerprint density at radius 2 is 1.89 bits per heavy atom. The van der Waals surface area contributed by atoms with Crippen LogP contribution in [-0.2, 0) is 4.74 Å². The van der Waals surface area contributed by atoms with E-state index in [4.69, 9.17) is 22.1 Å². The van der Waals surface area contributed by atoms with Crippen molar-refractivity contribution in [3.05, 3.63) is 28.8 Å². The molecule has 1 aromatic carbocycles. The van der Waals surface area contributed by atoms with Crippen molar-refractivity contribution >= 4 is 23.3 Å². The summed E-state index contributed by atoms with van der Waals surface area (Å²) in [4.78, 5) is 11.7. The van der Waals surface area contributed by atoms with E-state index < -0.39 is 0 Å². The summed E-state index contributed by atoms with van der Waals surface area (Å²) in [5.41, 5.74) is 6.49. The number of unbranched alkanes of at least 4 members (excludes halogenated alkanes) is 5. The Bertz CT molecular complexity index is 407. The first-order valence-electron chi connectivity index (χ1n) is 6.87. The highest BCUT2D eigenvalue weighted by atomic mass is 35.5. The molecule has 0 aliphatic heterocycles. The van der Waals surface area contributed by atoms with Gasteiger partial charge in [0.25, 0.3) is 0 Å². The molecule has 0 radical (unpaired) electrons. The maximum atomic E-state index is 11.7. The number of halogens is 1. The van der Waals surface area contributed by atoms with Crippen molar-refractivity contribution in [3.8, 4) is 0 Å². The van der Waals surface area contributed by atoms with E-state index in [1.54, 1.807) is 18.2 Å². The zero-order chi connectivity index (χ0) is 14.1. The van der Waals surface area contributed by atoms with Gasteiger partial charge in [0, 0.05) is 0 Å². The van der Waals surface area contributed by atoms with Gasteiger partial charge in [-0.25, -0.2) is 4.79 Å². The number of esters is 1. The van der Waals surface area contributed by atoms with Crippen molar-refractivity contribution in [2.75, 3.05) is 12.3 Å². The number of carbonyl (C=O) groups excluding carboxylic acids is 1. The number of rotatable bonds is 8. The summed E-state index contributed by atoms with van der Waals surface area (Å²) in [5.74, 6) is -0.336. The van der Waals surface area contributed by atoms with Crippen LogP contribution in [0.4, 0.5) is 5.69 Å². The van der Waals surface area contributed by atoms with Crippen LogP contribution in [0.5, 0.6) is 0 Å². The van der Waals surface area contributed by atoms with Gasteiger partial charge in [-0.15, -0.1) is 0 Å². The van der Waals surface area contributed by atoms with Gasteiger partial charge >= 0.3 is 5.97 Å². The monoisotopic (exact) mass is 283 g/mol. The van der Waals surface area contributed by atoms with Gasteiger partial charge in [0.1, 0.15) is 0 Å². The van der Waals surface area contributed by atoms with Gasteiger partial charge in [0.15, 0.2) is 0 Å². The van der Waals surface area contributed by atoms with E-state index in [9.17, 15) is 4.79 Å². The number of benzene rings is 1. The second kappa shape index (κ2) is 8.81. The molecule has 19 heavy (non-hydrogen) atoms. The molecule has 0 aromatic heterocycles. The largest absolute Gasteiger partial charge is 0.462 e. The average molecular weight is 284 g/mol. The molecule has 0 spiro atoms. The summed E-state index contributed by atoms with van der Waals surface area (Å²) in [6.07, 6.45) is 7.02. The lowest BCUT2D eigenvalue weighted by Gasteiger charge is -2.06. The number of nitrogen functional groups attached to an aromatic ring is 1. The third-order valence-corrected chi connectivity index (χ3v) is 3.31. The minimum absolute atomic E-state index is 0.336. The van der Waals surface area contributed by atoms with Crippen molar-refractivity contribution in [2.24, 2.45) is 0 Å². The van der Waals surface area contributed by atoms with E-state index in [0.29, 0.717) is 22.9 Å². The molecule has 4 heteroatoms. The Morgan fingerprint density at radius 1 is 1.21 bits per heavy atom. The lowest BCUT2D eigenvalue weighted by atomic mass is 10.1. The van der Waals surface area contributed by atoms with Gasteiger partial charge in [-0.3, -0.25) is 0 Å². The van der Waals surface area contributed by atoms with Crippen molar-refractivity contribution in [1.29, 1.82) is 0 Å². The number of hydrogen-bond acceptors (Lipinski definition) is 3. The molecule has 1 aromatic rings. The van der Waals surface area contributed by atoms with Crippen LogP contribution in [0.25, 0.3) is 0 Å². The van der Waals surface area contributed by atoms with Crippen LogP contribution in [0.15, 0.2) is 18.2 Å². The van der Waals surface area contributed by atoms with Crippen molar-refractivity contribution in [2.45, 2.75) is 45.4 Å². The Morgan fingerprint density at radius 3 is 2.58 bits per heavy atom. The second-order valence-corrected chi connectivity index (χ2v) is 5.05. The van der Waals surface area contributed by atoms with E-state index in [1.807, 2.05) is 0 Å². The lowest BCUT2D eigenvalue weighted by Crippen LogP contribution is -2.07. The van der Waals surface area contributed by atoms with E-state index in [2.05, 4.69) is 6.92 Å². The van der Waals surface area contributed by atoms with Gasteiger partial charge in [-0.2, -0.15) is 0 Å². The predicted molar refractivity (Wildman–Crippen MR) is 79.5 cm³/mol. The number of carbonyl (C=O) groups is 1. The summed E-state index contributed by atoms with van der Waals surface area (Å²) in [6.45, 7) is 2.66. The first kappa shape index (κ1) is 15.8. The maximum Gasteiger partial charge on any atom is 0.338 e. The van der Waals surface area contributed by atoms with E-state index >= 15 is 0 Å². The van der Waals surface area contributed by atoms with Gasteiger partial charge in [0.05, 0.1) is 22.9 Å². The van der Waals surface area contributed by atoms with E-state index in [-0.39, 0.29) is 5.97 Å². The topological polar surface area (TPSA) is 52.3 Å². The smallest absolute Gasteiger partial charge is 0.338 e. The first-order valence-corrected chi connectivity index (χ1v) is 7.25. The van der Waals surface area contributed by atoms with Crippen LogP contribution >= 0.6 is 11.6 Å². The molecule has 0 fully saturated rings. The Balaban J connectivity index is 2.22. The molecule has 0 aliphatic carbocycles. The maximum absolute atomic E-state index is 11.7. The van der Waals surface area contributed by atoms with E-state index in [1.165, 1.54) is 25.7 Å². The van der Waals surface area contributed by atoms with Crippen LogP contribution in [0, 0.1) is 0 Å². The molecule has 0 atom stereocenters. The van der Waals surface area contributed by atoms with E-state index in [0.717, 1.165) is 12.8 Å². The van der Waals surface area contributed by atoms with Crippen LogP contribution in [-0.4, -0.2) is 12.6 Å². The highest BCUT2D eigenvalue weighted by Crippen LogP contribution is 2.20. The molecule has 0 unspecified atom stereocenters. The molecule has 2 N–H and O–H groups in total. The summed E-state index contributed by atoms with van der Waals surface area (Å²) in [7, 11) is 0. The predicted octanol–water partition coefficient (Wildman–Crippen LogP) is 4.44. The average Bonchev–Trinajstić information content (AvgIpc) is 2.40. The third kappa shape index (κ3) is 5.97. The van der Waals surface area contributed by atoms with Crippen LogP contribution in [0.2, 0.25) is 5.02 Å². The number of anilines is 1. The summed E-state index contributed by atoms with van der Waals surface area (Å²) in [6, 6.07) is 4.78. The highest BCUT2D eigenvalue weighted by Gasteiger charge is 2.08. The molecule has 0 heterocycles. The number of ether oxygens (including phenoxy) is 1. The summed E-state index contributed by atoms with van der Waals surface area (Å²) < 4.78 is 5.19. The van der Waals surface area contributed by atoms with Gasteiger partial charge < -0.3 is 10.5 Å². The zero-order valence-corrected chi connectivity index (χ0v) is 12.2. The summed E-state index contributed by atoms with van der Waals surface area (Å²) >= 11 is 5.80. The van der Waals surface area contributed by atoms with Gasteiger partial charge in [-0.05, 0) is 24.6 Å². The number of hydrogen-bond donors (Lipinski definition) is 1. The number of nitrogens with two attached hydrogens (primary N) is 1. The lowest BCUT2D eigenvalue weighted by molar-refractivity contribution is 0.0497. The van der Waals surface area contributed by atoms with Crippen LogP contribution in [0.3, 0.4) is 0 Å².